The fourth-order valence-corrected chi connectivity index (χ4v) is 2.42. The molecule has 28 heavy (non-hydrogen) atoms. The van der Waals surface area contributed by atoms with Crippen molar-refractivity contribution in [3.63, 3.8) is 0 Å². The summed E-state index contributed by atoms with van der Waals surface area (Å²) in [5, 5.41) is 8.54. The van der Waals surface area contributed by atoms with Crippen molar-refractivity contribution in [3.05, 3.63) is 77.6 Å². The summed E-state index contributed by atoms with van der Waals surface area (Å²) in [7, 11) is 1.53. The van der Waals surface area contributed by atoms with Gasteiger partial charge in [0.15, 0.2) is 0 Å². The molecular formula is C20H17ClN4O3. The molecule has 3 rings (SSSR count). The highest BCUT2D eigenvalue weighted by Gasteiger charge is 2.07. The lowest BCUT2D eigenvalue weighted by Crippen LogP contribution is -2.19. The molecule has 0 saturated carbocycles. The van der Waals surface area contributed by atoms with E-state index in [0.717, 1.165) is 0 Å². The standard InChI is InChI=1S/C20H17ClN4O3/c1-22-19(26)18-12-17(10-11-23-18)28-16-8-6-15(7-9-16)25-20(27)24-14-4-2-13(21)3-5-14/h2-12H,1H3,(H,22,26)(H2,24,25,27). The number of rotatable bonds is 5. The predicted molar refractivity (Wildman–Crippen MR) is 108 cm³/mol. The molecule has 1 heterocycles. The second-order valence-electron chi connectivity index (χ2n) is 5.67. The smallest absolute Gasteiger partial charge is 0.323 e. The molecule has 0 aliphatic heterocycles. The molecule has 0 saturated heterocycles. The number of ether oxygens (including phenoxy) is 1. The molecule has 0 aliphatic rings. The van der Waals surface area contributed by atoms with Crippen molar-refractivity contribution in [2.45, 2.75) is 0 Å². The molecule has 3 aromatic rings. The van der Waals surface area contributed by atoms with Crippen molar-refractivity contribution in [2.75, 3.05) is 17.7 Å². The molecule has 7 nitrogen and oxygen atoms in total. The van der Waals surface area contributed by atoms with Crippen LogP contribution in [-0.4, -0.2) is 24.0 Å². The zero-order chi connectivity index (χ0) is 19.9. The summed E-state index contributed by atoms with van der Waals surface area (Å²) < 4.78 is 5.72. The molecule has 0 unspecified atom stereocenters. The number of nitrogens with one attached hydrogen (secondary N) is 3. The topological polar surface area (TPSA) is 92.4 Å². The van der Waals surface area contributed by atoms with Crippen LogP contribution in [0, 0.1) is 0 Å². The molecule has 1 aromatic heterocycles. The van der Waals surface area contributed by atoms with E-state index in [4.69, 9.17) is 16.3 Å². The molecule has 142 valence electrons. The normalized spacial score (nSPS) is 10.1. The van der Waals surface area contributed by atoms with Crippen LogP contribution in [0.4, 0.5) is 16.2 Å². The molecule has 0 fully saturated rings. The Morgan fingerprint density at radius 1 is 0.893 bits per heavy atom. The van der Waals surface area contributed by atoms with Crippen LogP contribution in [0.3, 0.4) is 0 Å². The van der Waals surface area contributed by atoms with E-state index >= 15 is 0 Å². The molecule has 3 amide bonds. The number of carbonyl (C=O) groups excluding carboxylic acids is 2. The lowest BCUT2D eigenvalue weighted by atomic mass is 10.3. The lowest BCUT2D eigenvalue weighted by Gasteiger charge is -2.10. The van der Waals surface area contributed by atoms with E-state index in [1.165, 1.54) is 13.2 Å². The Morgan fingerprint density at radius 2 is 1.50 bits per heavy atom. The number of halogens is 1. The minimum absolute atomic E-state index is 0.261. The van der Waals surface area contributed by atoms with Gasteiger partial charge in [0.05, 0.1) is 0 Å². The van der Waals surface area contributed by atoms with Gasteiger partial charge in [-0.1, -0.05) is 11.6 Å². The number of aromatic nitrogens is 1. The van der Waals surface area contributed by atoms with E-state index < -0.39 is 0 Å². The second-order valence-corrected chi connectivity index (χ2v) is 6.10. The summed E-state index contributed by atoms with van der Waals surface area (Å²) in [5.74, 6) is 0.740. The van der Waals surface area contributed by atoms with E-state index in [1.807, 2.05) is 0 Å². The highest BCUT2D eigenvalue weighted by molar-refractivity contribution is 6.30. The first kappa shape index (κ1) is 19.2. The minimum Gasteiger partial charge on any atom is -0.457 e. The third kappa shape index (κ3) is 5.21. The van der Waals surface area contributed by atoms with Gasteiger partial charge in [0.1, 0.15) is 17.2 Å². The first-order valence-corrected chi connectivity index (χ1v) is 8.71. The fraction of sp³-hybridized carbons (Fsp3) is 0.0500. The van der Waals surface area contributed by atoms with Crippen LogP contribution in [0.15, 0.2) is 66.9 Å². The van der Waals surface area contributed by atoms with Gasteiger partial charge in [-0.15, -0.1) is 0 Å². The molecule has 8 heteroatoms. The van der Waals surface area contributed by atoms with Crippen molar-refractivity contribution >= 4 is 34.9 Å². The van der Waals surface area contributed by atoms with Crippen LogP contribution in [0.2, 0.25) is 5.02 Å². The quantitative estimate of drug-likeness (QED) is 0.590. The maximum Gasteiger partial charge on any atom is 0.323 e. The maximum absolute atomic E-state index is 12.0. The first-order valence-electron chi connectivity index (χ1n) is 8.33. The van der Waals surface area contributed by atoms with Crippen molar-refractivity contribution in [3.8, 4) is 11.5 Å². The highest BCUT2D eigenvalue weighted by atomic mass is 35.5. The molecule has 2 aromatic carbocycles. The van der Waals surface area contributed by atoms with Crippen molar-refractivity contribution in [1.29, 1.82) is 0 Å². The Morgan fingerprint density at radius 3 is 2.11 bits per heavy atom. The zero-order valence-electron chi connectivity index (χ0n) is 14.9. The number of amides is 3. The summed E-state index contributed by atoms with van der Waals surface area (Å²) >= 11 is 5.82. The Bertz CT molecular complexity index is 976. The first-order chi connectivity index (χ1) is 13.5. The molecule has 0 bridgehead atoms. The van der Waals surface area contributed by atoms with Crippen LogP contribution in [0.1, 0.15) is 10.5 Å². The van der Waals surface area contributed by atoms with Gasteiger partial charge in [0, 0.05) is 35.7 Å². The van der Waals surface area contributed by atoms with Crippen LogP contribution in [-0.2, 0) is 0 Å². The van der Waals surface area contributed by atoms with Gasteiger partial charge in [0.25, 0.3) is 5.91 Å². The van der Waals surface area contributed by atoms with Gasteiger partial charge in [-0.05, 0) is 54.6 Å². The van der Waals surface area contributed by atoms with Gasteiger partial charge < -0.3 is 20.7 Å². The Balaban J connectivity index is 1.59. The van der Waals surface area contributed by atoms with Crippen molar-refractivity contribution in [2.24, 2.45) is 0 Å². The Hall–Kier alpha value is -3.58. The van der Waals surface area contributed by atoms with Crippen LogP contribution in [0.25, 0.3) is 0 Å². The molecule has 0 aliphatic carbocycles. The number of carbonyl (C=O) groups is 2. The van der Waals surface area contributed by atoms with Gasteiger partial charge in [-0.3, -0.25) is 9.78 Å². The van der Waals surface area contributed by atoms with Gasteiger partial charge in [-0.25, -0.2) is 4.79 Å². The molecule has 0 radical (unpaired) electrons. The zero-order valence-corrected chi connectivity index (χ0v) is 15.7. The Kier molecular flexibility index (Phi) is 6.08. The summed E-state index contributed by atoms with van der Waals surface area (Å²) in [5.41, 5.74) is 1.49. The monoisotopic (exact) mass is 396 g/mol. The summed E-state index contributed by atoms with van der Waals surface area (Å²) in [4.78, 5) is 27.7. The maximum atomic E-state index is 12.0. The third-order valence-electron chi connectivity index (χ3n) is 3.64. The number of anilines is 2. The second kappa shape index (κ2) is 8.88. The average Bonchev–Trinajstić information content (AvgIpc) is 2.71. The molecule has 0 spiro atoms. The largest absolute Gasteiger partial charge is 0.457 e. The summed E-state index contributed by atoms with van der Waals surface area (Å²) in [6, 6.07) is 16.4. The Labute approximate surface area is 166 Å². The number of nitrogens with zero attached hydrogens (tertiary/aromatic N) is 1. The van der Waals surface area contributed by atoms with E-state index in [0.29, 0.717) is 27.9 Å². The molecule has 3 N–H and O–H groups in total. The third-order valence-corrected chi connectivity index (χ3v) is 3.89. The summed E-state index contributed by atoms with van der Waals surface area (Å²) in [6.45, 7) is 0. The van der Waals surface area contributed by atoms with E-state index in [1.54, 1.807) is 60.7 Å². The van der Waals surface area contributed by atoms with E-state index in [2.05, 4.69) is 20.9 Å². The summed E-state index contributed by atoms with van der Waals surface area (Å²) in [6.07, 6.45) is 1.50. The number of pyridine rings is 1. The average molecular weight is 397 g/mol. The molecule has 0 atom stereocenters. The van der Waals surface area contributed by atoms with Crippen LogP contribution in [0.5, 0.6) is 11.5 Å². The molecular weight excluding hydrogens is 380 g/mol. The van der Waals surface area contributed by atoms with Gasteiger partial charge >= 0.3 is 6.03 Å². The number of benzene rings is 2. The van der Waals surface area contributed by atoms with Crippen LogP contribution < -0.4 is 20.7 Å². The minimum atomic E-state index is -0.375. The lowest BCUT2D eigenvalue weighted by molar-refractivity contribution is 0.0958. The number of hydrogen-bond acceptors (Lipinski definition) is 4. The SMILES string of the molecule is CNC(=O)c1cc(Oc2ccc(NC(=O)Nc3ccc(Cl)cc3)cc2)ccn1. The number of urea groups is 1. The van der Waals surface area contributed by atoms with E-state index in [9.17, 15) is 9.59 Å². The highest BCUT2D eigenvalue weighted by Crippen LogP contribution is 2.23. The predicted octanol–water partition coefficient (Wildman–Crippen LogP) is 4.53. The number of hydrogen-bond donors (Lipinski definition) is 3. The van der Waals surface area contributed by atoms with Gasteiger partial charge in [0.2, 0.25) is 0 Å². The van der Waals surface area contributed by atoms with Gasteiger partial charge in [-0.2, -0.15) is 0 Å². The van der Waals surface area contributed by atoms with Crippen molar-refractivity contribution in [1.82, 2.24) is 10.3 Å². The van der Waals surface area contributed by atoms with Crippen molar-refractivity contribution < 1.29 is 14.3 Å². The van der Waals surface area contributed by atoms with Crippen LogP contribution >= 0.6 is 11.6 Å². The van der Waals surface area contributed by atoms with E-state index in [-0.39, 0.29) is 17.6 Å². The fourth-order valence-electron chi connectivity index (χ4n) is 2.30.